The maximum atomic E-state index is 13.7. The number of amides is 1. The molecule has 6 nitrogen and oxygen atoms in total. The number of halogens is 2. The fraction of sp³-hybridized carbons (Fsp3) is 0.562. The van der Waals surface area contributed by atoms with Gasteiger partial charge in [0.25, 0.3) is 0 Å². The molecule has 1 heterocycles. The molecule has 142 valence electrons. The first kappa shape index (κ1) is 21.8. The number of likely N-dealkylation sites (tertiary alicyclic amines) is 1. The van der Waals surface area contributed by atoms with Gasteiger partial charge in [-0.25, -0.2) is 12.8 Å². The summed E-state index contributed by atoms with van der Waals surface area (Å²) in [6.45, 7) is 6.35. The molecular formula is C16H25ClFN3O3S. The number of nitrogens with two attached hydrogens (primary N) is 1. The lowest BCUT2D eigenvalue weighted by molar-refractivity contribution is -0.136. The quantitative estimate of drug-likeness (QED) is 0.810. The van der Waals surface area contributed by atoms with Crippen molar-refractivity contribution in [2.45, 2.75) is 44.2 Å². The molecule has 0 aromatic heterocycles. The van der Waals surface area contributed by atoms with Gasteiger partial charge in [0, 0.05) is 19.1 Å². The van der Waals surface area contributed by atoms with Crippen LogP contribution in [0.1, 0.15) is 27.2 Å². The summed E-state index contributed by atoms with van der Waals surface area (Å²) in [5.74, 6) is -1.19. The van der Waals surface area contributed by atoms with Crippen LogP contribution in [0.3, 0.4) is 0 Å². The number of piperidine rings is 1. The van der Waals surface area contributed by atoms with E-state index in [4.69, 9.17) is 5.73 Å². The highest BCUT2D eigenvalue weighted by Crippen LogP contribution is 2.28. The van der Waals surface area contributed by atoms with Gasteiger partial charge in [0.15, 0.2) is 0 Å². The second-order valence-corrected chi connectivity index (χ2v) is 8.60. The van der Waals surface area contributed by atoms with Crippen LogP contribution in [0.5, 0.6) is 0 Å². The van der Waals surface area contributed by atoms with E-state index in [-0.39, 0.29) is 29.8 Å². The van der Waals surface area contributed by atoms with Crippen molar-refractivity contribution in [1.29, 1.82) is 0 Å². The highest BCUT2D eigenvalue weighted by atomic mass is 35.5. The summed E-state index contributed by atoms with van der Waals surface area (Å²) < 4.78 is 40.5. The molecule has 1 aliphatic rings. The summed E-state index contributed by atoms with van der Waals surface area (Å²) >= 11 is 0. The Balaban J connectivity index is 0.00000312. The zero-order valence-corrected chi connectivity index (χ0v) is 16.2. The third-order valence-electron chi connectivity index (χ3n) is 4.45. The van der Waals surface area contributed by atoms with Gasteiger partial charge in [0.1, 0.15) is 10.7 Å². The number of benzene rings is 1. The molecule has 1 aromatic carbocycles. The molecule has 0 saturated carbocycles. The standard InChI is InChI=1S/C16H24FN3O3S.ClH/c1-11(15(21)20-9-8-14(18)16(2,3)10-20)19-24(22,23)13-7-5-4-6-12(13)17;/h4-7,11,14,19H,8-10,18H2,1-3H3;1H. The van der Waals surface area contributed by atoms with Crippen molar-refractivity contribution in [3.63, 3.8) is 0 Å². The lowest BCUT2D eigenvalue weighted by Gasteiger charge is -2.43. The first-order chi connectivity index (χ1) is 11.0. The van der Waals surface area contributed by atoms with Crippen LogP contribution in [-0.4, -0.2) is 44.4 Å². The fourth-order valence-electron chi connectivity index (χ4n) is 2.85. The molecule has 1 amide bonds. The van der Waals surface area contributed by atoms with Gasteiger partial charge in [0.05, 0.1) is 6.04 Å². The molecule has 0 bridgehead atoms. The Kier molecular flexibility index (Phi) is 6.97. The summed E-state index contributed by atoms with van der Waals surface area (Å²) in [5, 5.41) is 0. The molecule has 25 heavy (non-hydrogen) atoms. The van der Waals surface area contributed by atoms with Gasteiger partial charge >= 0.3 is 0 Å². The maximum absolute atomic E-state index is 13.7. The van der Waals surface area contributed by atoms with Crippen LogP contribution < -0.4 is 10.5 Å². The van der Waals surface area contributed by atoms with Crippen LogP contribution in [0.4, 0.5) is 4.39 Å². The number of carbonyl (C=O) groups is 1. The molecule has 9 heteroatoms. The predicted octanol–water partition coefficient (Wildman–Crippen LogP) is 1.50. The Morgan fingerprint density at radius 3 is 2.56 bits per heavy atom. The first-order valence-electron chi connectivity index (χ1n) is 7.86. The number of hydrogen-bond acceptors (Lipinski definition) is 4. The van der Waals surface area contributed by atoms with Gasteiger partial charge in [-0.2, -0.15) is 4.72 Å². The highest BCUT2D eigenvalue weighted by molar-refractivity contribution is 7.89. The number of sulfonamides is 1. The second-order valence-electron chi connectivity index (χ2n) is 6.92. The SMILES string of the molecule is CC(NS(=O)(=O)c1ccccc1F)C(=O)N1CCC(N)C(C)(C)C1.Cl. The number of hydrogen-bond donors (Lipinski definition) is 2. The predicted molar refractivity (Wildman–Crippen MR) is 96.4 cm³/mol. The normalized spacial score (nSPS) is 21.3. The minimum atomic E-state index is -4.11. The number of rotatable bonds is 4. The van der Waals surface area contributed by atoms with E-state index in [0.29, 0.717) is 19.5 Å². The van der Waals surface area contributed by atoms with E-state index < -0.39 is 26.8 Å². The number of nitrogens with zero attached hydrogens (tertiary/aromatic N) is 1. The van der Waals surface area contributed by atoms with Crippen LogP contribution >= 0.6 is 12.4 Å². The Morgan fingerprint density at radius 1 is 1.40 bits per heavy atom. The van der Waals surface area contributed by atoms with Crippen molar-refractivity contribution >= 4 is 28.3 Å². The third kappa shape index (κ3) is 4.91. The molecule has 3 N–H and O–H groups in total. The number of carbonyl (C=O) groups excluding carboxylic acids is 1. The Morgan fingerprint density at radius 2 is 2.00 bits per heavy atom. The average molecular weight is 394 g/mol. The van der Waals surface area contributed by atoms with Crippen molar-refractivity contribution in [3.05, 3.63) is 30.1 Å². The maximum Gasteiger partial charge on any atom is 0.244 e. The first-order valence-corrected chi connectivity index (χ1v) is 9.34. The van der Waals surface area contributed by atoms with Gasteiger partial charge in [-0.05, 0) is 30.9 Å². The molecule has 2 unspecified atom stereocenters. The van der Waals surface area contributed by atoms with E-state index >= 15 is 0 Å². The van der Waals surface area contributed by atoms with E-state index in [1.807, 2.05) is 13.8 Å². The van der Waals surface area contributed by atoms with Gasteiger partial charge in [-0.3, -0.25) is 4.79 Å². The summed E-state index contributed by atoms with van der Waals surface area (Å²) in [5.41, 5.74) is 5.82. The molecule has 1 aromatic rings. The smallest absolute Gasteiger partial charge is 0.244 e. The lowest BCUT2D eigenvalue weighted by atomic mass is 9.79. The molecule has 0 spiro atoms. The van der Waals surface area contributed by atoms with Crippen LogP contribution in [0.15, 0.2) is 29.2 Å². The van der Waals surface area contributed by atoms with E-state index in [1.54, 1.807) is 4.90 Å². The van der Waals surface area contributed by atoms with Crippen molar-refractivity contribution in [1.82, 2.24) is 9.62 Å². The van der Waals surface area contributed by atoms with Gasteiger partial charge in [-0.15, -0.1) is 12.4 Å². The van der Waals surface area contributed by atoms with Crippen LogP contribution in [0.25, 0.3) is 0 Å². The van der Waals surface area contributed by atoms with Crippen molar-refractivity contribution < 1.29 is 17.6 Å². The molecule has 0 radical (unpaired) electrons. The van der Waals surface area contributed by atoms with Crippen LogP contribution in [-0.2, 0) is 14.8 Å². The summed E-state index contributed by atoms with van der Waals surface area (Å²) in [6.07, 6.45) is 0.658. The van der Waals surface area contributed by atoms with E-state index in [0.717, 1.165) is 12.1 Å². The second kappa shape index (κ2) is 7.99. The summed E-state index contributed by atoms with van der Waals surface area (Å²) in [6, 6.07) is 4.07. The largest absolute Gasteiger partial charge is 0.341 e. The van der Waals surface area contributed by atoms with Crippen LogP contribution in [0, 0.1) is 11.2 Å². The summed E-state index contributed by atoms with van der Waals surface area (Å²) in [4.78, 5) is 13.7. The Hall–Kier alpha value is -1.22. The molecule has 0 aliphatic carbocycles. The van der Waals surface area contributed by atoms with Crippen molar-refractivity contribution in [2.75, 3.05) is 13.1 Å². The zero-order chi connectivity index (χ0) is 18.1. The molecule has 1 fully saturated rings. The third-order valence-corrected chi connectivity index (χ3v) is 6.03. The molecule has 2 rings (SSSR count). The Labute approximate surface area is 154 Å². The van der Waals surface area contributed by atoms with Gasteiger partial charge in [-0.1, -0.05) is 26.0 Å². The van der Waals surface area contributed by atoms with Gasteiger partial charge in [0.2, 0.25) is 15.9 Å². The monoisotopic (exact) mass is 393 g/mol. The Bertz CT molecular complexity index is 727. The zero-order valence-electron chi connectivity index (χ0n) is 14.5. The molecule has 1 saturated heterocycles. The van der Waals surface area contributed by atoms with E-state index in [1.165, 1.54) is 19.1 Å². The lowest BCUT2D eigenvalue weighted by Crippen LogP contribution is -2.57. The molecule has 1 aliphatic heterocycles. The minimum Gasteiger partial charge on any atom is -0.341 e. The van der Waals surface area contributed by atoms with Crippen molar-refractivity contribution in [2.24, 2.45) is 11.1 Å². The van der Waals surface area contributed by atoms with E-state index in [9.17, 15) is 17.6 Å². The number of nitrogens with one attached hydrogen (secondary N) is 1. The van der Waals surface area contributed by atoms with Gasteiger partial charge < -0.3 is 10.6 Å². The minimum absolute atomic E-state index is 0. The summed E-state index contributed by atoms with van der Waals surface area (Å²) in [7, 11) is -4.11. The average Bonchev–Trinajstić information content (AvgIpc) is 2.49. The fourth-order valence-corrected chi connectivity index (χ4v) is 4.12. The van der Waals surface area contributed by atoms with E-state index in [2.05, 4.69) is 4.72 Å². The highest BCUT2D eigenvalue weighted by Gasteiger charge is 2.37. The molecule has 2 atom stereocenters. The van der Waals surface area contributed by atoms with Crippen LogP contribution in [0.2, 0.25) is 0 Å². The molecular weight excluding hydrogens is 369 g/mol. The van der Waals surface area contributed by atoms with Crippen molar-refractivity contribution in [3.8, 4) is 0 Å². The topological polar surface area (TPSA) is 92.5 Å².